The average molecular weight is 367 g/mol. The Hall–Kier alpha value is -1.38. The molecule has 2 rings (SSSR count). The largest absolute Gasteiger partial charge is 0.484 e. The van der Waals surface area contributed by atoms with Crippen molar-refractivity contribution in [3.05, 3.63) is 29.0 Å². The van der Waals surface area contributed by atoms with Gasteiger partial charge < -0.3 is 9.64 Å². The zero-order valence-corrected chi connectivity index (χ0v) is 14.2. The quantitative estimate of drug-likeness (QED) is 0.859. The Morgan fingerprint density at radius 2 is 2.13 bits per heavy atom. The molecule has 0 spiro atoms. The summed E-state index contributed by atoms with van der Waals surface area (Å²) in [6, 6.07) is 3.85. The minimum absolute atomic E-state index is 0. The predicted octanol–water partition coefficient (Wildman–Crippen LogP) is 1.64. The van der Waals surface area contributed by atoms with Crippen LogP contribution in [0.5, 0.6) is 5.75 Å². The number of piperidine rings is 1. The second-order valence-corrected chi connectivity index (χ2v) is 7.77. The second kappa shape index (κ2) is 7.46. The first-order valence-electron chi connectivity index (χ1n) is 7.11. The molecule has 1 saturated heterocycles. The maximum atomic E-state index is 13.0. The summed E-state index contributed by atoms with van der Waals surface area (Å²) in [7, 11) is -1.92. The van der Waals surface area contributed by atoms with Gasteiger partial charge in [0.25, 0.3) is 5.91 Å². The summed E-state index contributed by atoms with van der Waals surface area (Å²) in [6.45, 7) is 0.515. The van der Waals surface area contributed by atoms with Crippen LogP contribution >= 0.6 is 11.6 Å². The molecule has 0 saturated carbocycles. The maximum absolute atomic E-state index is 13.0. The minimum Gasteiger partial charge on any atom is -0.484 e. The van der Waals surface area contributed by atoms with Crippen molar-refractivity contribution in [3.8, 4) is 5.75 Å². The lowest BCUT2D eigenvalue weighted by molar-refractivity contribution is -0.134. The topological polar surface area (TPSA) is 75.7 Å². The van der Waals surface area contributed by atoms with Crippen LogP contribution in [0, 0.1) is 5.82 Å². The molecule has 1 aromatic carbocycles. The van der Waals surface area contributed by atoms with Gasteiger partial charge in [0, 0.05) is 20.6 Å². The van der Waals surface area contributed by atoms with E-state index in [0.29, 0.717) is 31.7 Å². The molecule has 1 amide bonds. The van der Waals surface area contributed by atoms with E-state index in [0.717, 1.165) is 6.07 Å². The zero-order valence-electron chi connectivity index (χ0n) is 12.6. The molecule has 1 aromatic rings. The molecule has 0 aromatic heterocycles. The van der Waals surface area contributed by atoms with E-state index in [1.165, 1.54) is 19.2 Å². The number of nitrogens with one attached hydrogen (secondary N) is 1. The Morgan fingerprint density at radius 3 is 2.70 bits per heavy atom. The Morgan fingerprint density at radius 1 is 1.48 bits per heavy atom. The molecule has 9 heteroatoms. The van der Waals surface area contributed by atoms with E-state index in [-0.39, 0.29) is 19.0 Å². The van der Waals surface area contributed by atoms with Crippen molar-refractivity contribution in [2.24, 2.45) is 0 Å². The van der Waals surface area contributed by atoms with Crippen LogP contribution in [-0.2, 0) is 14.8 Å². The number of benzene rings is 1. The number of hydrogen-bond acceptors (Lipinski definition) is 4. The third kappa shape index (κ3) is 4.55. The van der Waals surface area contributed by atoms with Gasteiger partial charge in [-0.3, -0.25) is 4.79 Å². The first kappa shape index (κ1) is 18.0. The molecule has 1 heterocycles. The second-order valence-electron chi connectivity index (χ2n) is 5.19. The average Bonchev–Trinajstić information content (AvgIpc) is 2.55. The van der Waals surface area contributed by atoms with Gasteiger partial charge in [-0.05, 0) is 32.0 Å². The zero-order chi connectivity index (χ0) is 17.0. The van der Waals surface area contributed by atoms with Gasteiger partial charge in [-0.2, -0.15) is 0 Å². The molecule has 1 fully saturated rings. The van der Waals surface area contributed by atoms with Crippen LogP contribution in [0.2, 0.25) is 5.02 Å². The molecule has 0 atom stereocenters. The van der Waals surface area contributed by atoms with E-state index in [9.17, 15) is 17.6 Å². The number of ether oxygens (including phenoxy) is 1. The number of amides is 1. The van der Waals surface area contributed by atoms with Crippen LogP contribution < -0.4 is 9.46 Å². The molecule has 1 aliphatic heterocycles. The molecular weight excluding hydrogens is 347 g/mol. The molecule has 0 bridgehead atoms. The summed E-state index contributed by atoms with van der Waals surface area (Å²) in [6.07, 6.45) is 0.772. The SMILES string of the molecule is CNS(=O)(=O)C1CCN(C(=O)COc2ccc(F)c(Cl)c2)CC1.[HH]. The molecule has 0 radical (unpaired) electrons. The highest BCUT2D eigenvalue weighted by atomic mass is 35.5. The fourth-order valence-electron chi connectivity index (χ4n) is 2.39. The fraction of sp³-hybridized carbons (Fsp3) is 0.500. The lowest BCUT2D eigenvalue weighted by Crippen LogP contribution is -2.46. The predicted molar refractivity (Wildman–Crippen MR) is 86.6 cm³/mol. The summed E-state index contributed by atoms with van der Waals surface area (Å²) in [4.78, 5) is 13.6. The fourth-order valence-corrected chi connectivity index (χ4v) is 3.72. The standard InChI is InChI=1S/C14H18ClFN2O4S.H2/c1-17-23(20,21)11-4-6-18(7-5-11)14(19)9-22-10-2-3-13(16)12(15)8-10;/h2-3,8,11,17H,4-7,9H2,1H3;1H. The number of hydrogen-bond donors (Lipinski definition) is 1. The Balaban J connectivity index is 0.00000288. The number of halogens is 2. The normalized spacial score (nSPS) is 16.4. The molecule has 1 aliphatic rings. The lowest BCUT2D eigenvalue weighted by atomic mass is 10.1. The van der Waals surface area contributed by atoms with Crippen LogP contribution in [0.1, 0.15) is 14.3 Å². The van der Waals surface area contributed by atoms with Crippen molar-refractivity contribution in [1.82, 2.24) is 9.62 Å². The molecule has 0 unspecified atom stereocenters. The Bertz CT molecular complexity index is 681. The van der Waals surface area contributed by atoms with Gasteiger partial charge >= 0.3 is 0 Å². The molecule has 130 valence electrons. The minimum atomic E-state index is -3.30. The summed E-state index contributed by atoms with van der Waals surface area (Å²) in [5.74, 6) is -0.499. The van der Waals surface area contributed by atoms with Crippen molar-refractivity contribution in [2.45, 2.75) is 18.1 Å². The summed E-state index contributed by atoms with van der Waals surface area (Å²) in [5.41, 5.74) is 0. The van der Waals surface area contributed by atoms with Gasteiger partial charge in [0.05, 0.1) is 10.3 Å². The highest BCUT2D eigenvalue weighted by molar-refractivity contribution is 7.90. The maximum Gasteiger partial charge on any atom is 0.260 e. The van der Waals surface area contributed by atoms with E-state index >= 15 is 0 Å². The molecule has 23 heavy (non-hydrogen) atoms. The molecule has 1 N–H and O–H groups in total. The number of rotatable bonds is 5. The highest BCUT2D eigenvalue weighted by Crippen LogP contribution is 2.21. The Kier molecular flexibility index (Phi) is 5.83. The number of carbonyl (C=O) groups is 1. The number of carbonyl (C=O) groups excluding carboxylic acids is 1. The monoisotopic (exact) mass is 366 g/mol. The first-order chi connectivity index (χ1) is 10.8. The van der Waals surface area contributed by atoms with E-state index in [4.69, 9.17) is 16.3 Å². The van der Waals surface area contributed by atoms with Crippen LogP contribution in [-0.4, -0.2) is 51.2 Å². The highest BCUT2D eigenvalue weighted by Gasteiger charge is 2.30. The van der Waals surface area contributed by atoms with Crippen molar-refractivity contribution in [3.63, 3.8) is 0 Å². The van der Waals surface area contributed by atoms with E-state index in [2.05, 4.69) is 4.72 Å². The third-order valence-corrected chi connectivity index (χ3v) is 5.98. The van der Waals surface area contributed by atoms with Crippen molar-refractivity contribution in [2.75, 3.05) is 26.7 Å². The van der Waals surface area contributed by atoms with Gasteiger partial charge in [-0.15, -0.1) is 0 Å². The summed E-state index contributed by atoms with van der Waals surface area (Å²) in [5, 5.41) is -0.554. The van der Waals surface area contributed by atoms with Gasteiger partial charge in [0.15, 0.2) is 6.61 Å². The lowest BCUT2D eigenvalue weighted by Gasteiger charge is -2.31. The van der Waals surface area contributed by atoms with Crippen LogP contribution in [0.3, 0.4) is 0 Å². The first-order valence-corrected chi connectivity index (χ1v) is 9.04. The molecular formula is C14H20ClFN2O4S. The van der Waals surface area contributed by atoms with Crippen LogP contribution in [0.4, 0.5) is 4.39 Å². The molecule has 6 nitrogen and oxygen atoms in total. The molecule has 0 aliphatic carbocycles. The number of sulfonamides is 1. The summed E-state index contributed by atoms with van der Waals surface area (Å²) >= 11 is 5.64. The smallest absolute Gasteiger partial charge is 0.260 e. The third-order valence-electron chi connectivity index (χ3n) is 3.77. The van der Waals surface area contributed by atoms with Crippen molar-refractivity contribution < 1.29 is 23.8 Å². The van der Waals surface area contributed by atoms with Crippen molar-refractivity contribution >= 4 is 27.5 Å². The number of nitrogens with zero attached hydrogens (tertiary/aromatic N) is 1. The van der Waals surface area contributed by atoms with Gasteiger partial charge in [0.1, 0.15) is 11.6 Å². The number of likely N-dealkylation sites (tertiary alicyclic amines) is 1. The van der Waals surface area contributed by atoms with Gasteiger partial charge in [-0.25, -0.2) is 17.5 Å². The van der Waals surface area contributed by atoms with Gasteiger partial charge in [-0.1, -0.05) is 11.6 Å². The van der Waals surface area contributed by atoms with E-state index < -0.39 is 21.1 Å². The summed E-state index contributed by atoms with van der Waals surface area (Å²) < 4.78 is 44.1. The Labute approximate surface area is 141 Å². The van der Waals surface area contributed by atoms with Crippen LogP contribution in [0.25, 0.3) is 0 Å². The van der Waals surface area contributed by atoms with E-state index in [1.807, 2.05) is 0 Å². The van der Waals surface area contributed by atoms with Crippen molar-refractivity contribution in [1.29, 1.82) is 0 Å². The van der Waals surface area contributed by atoms with Crippen LogP contribution in [0.15, 0.2) is 18.2 Å². The van der Waals surface area contributed by atoms with Gasteiger partial charge in [0.2, 0.25) is 10.0 Å². The van der Waals surface area contributed by atoms with E-state index in [1.54, 1.807) is 4.90 Å².